The van der Waals surface area contributed by atoms with Gasteiger partial charge in [-0.25, -0.2) is 15.7 Å². The fraction of sp³-hybridized carbons (Fsp3) is 0.311. The van der Waals surface area contributed by atoms with Gasteiger partial charge in [0, 0.05) is 12.1 Å². The summed E-state index contributed by atoms with van der Waals surface area (Å²) in [5, 5.41) is 11.1. The molecule has 1 heterocycles. The fourth-order valence-electron chi connectivity index (χ4n) is 6.39. The molecule has 0 saturated heterocycles. The standard InChI is InChI=1S/C23H25N3O5.C22H27N3O4/c1-3-30-22(28)15(2)13-19(24-20(27)21-25-26-23(29)31-21)14-16-9-11-18(12-10-16)17-7-5-4-6-8-17;1-3-29-22(28)15(2)13-19(24-20(26)21(27)25-23)14-16-9-11-18(12-10-16)17-7-5-4-6-8-17/h4-12,15,19H,3,13-14H2,1-2H3,(H,24,27)(H,26,29);4-12,15,19H,3,13-14,23H2,1-2H3,(H,24,26)(H,25,27)/t2*15-,19+/m11/s1. The second-order valence-electron chi connectivity index (χ2n) is 14.0. The van der Waals surface area contributed by atoms with Crippen LogP contribution in [0.2, 0.25) is 0 Å². The molecule has 15 nitrogen and oxygen atoms in total. The molecule has 3 amide bonds. The van der Waals surface area contributed by atoms with Crippen molar-refractivity contribution >= 4 is 29.7 Å². The van der Waals surface area contributed by atoms with Gasteiger partial charge in [-0.2, -0.15) is 0 Å². The third-order valence-electron chi connectivity index (χ3n) is 9.38. The number of carbonyl (C=O) groups is 5. The van der Waals surface area contributed by atoms with Gasteiger partial charge < -0.3 is 24.5 Å². The number of hydrogen-bond donors (Lipinski definition) is 5. The summed E-state index contributed by atoms with van der Waals surface area (Å²) in [6.45, 7) is 7.56. The zero-order valence-electron chi connectivity index (χ0n) is 34.1. The fourth-order valence-corrected chi connectivity index (χ4v) is 6.39. The molecule has 60 heavy (non-hydrogen) atoms. The second kappa shape index (κ2) is 23.5. The highest BCUT2D eigenvalue weighted by atomic mass is 16.5. The van der Waals surface area contributed by atoms with E-state index in [-0.39, 0.29) is 24.4 Å². The molecule has 4 atom stereocenters. The Balaban J connectivity index is 0.000000265. The molecule has 1 aromatic heterocycles. The minimum Gasteiger partial charge on any atom is -0.466 e. The van der Waals surface area contributed by atoms with Crippen LogP contribution in [0.15, 0.2) is 118 Å². The third kappa shape index (κ3) is 14.5. The van der Waals surface area contributed by atoms with Crippen LogP contribution in [-0.4, -0.2) is 65.2 Å². The second-order valence-corrected chi connectivity index (χ2v) is 14.0. The summed E-state index contributed by atoms with van der Waals surface area (Å²) in [7, 11) is 0. The van der Waals surface area contributed by atoms with Gasteiger partial charge in [0.1, 0.15) is 0 Å². The molecular formula is C45H52N6O9. The predicted molar refractivity (Wildman–Crippen MR) is 225 cm³/mol. The van der Waals surface area contributed by atoms with E-state index in [1.807, 2.05) is 115 Å². The first-order chi connectivity index (χ1) is 28.9. The van der Waals surface area contributed by atoms with Crippen LogP contribution >= 0.6 is 0 Å². The van der Waals surface area contributed by atoms with Crippen LogP contribution in [0.4, 0.5) is 0 Å². The number of esters is 2. The molecule has 0 bridgehead atoms. The Morgan fingerprint density at radius 1 is 0.633 bits per heavy atom. The number of nitrogens with two attached hydrogens (primary N) is 1. The Kier molecular flexibility index (Phi) is 18.0. The molecule has 0 spiro atoms. The highest BCUT2D eigenvalue weighted by Gasteiger charge is 2.25. The van der Waals surface area contributed by atoms with Gasteiger partial charge in [-0.3, -0.25) is 29.4 Å². The van der Waals surface area contributed by atoms with E-state index < -0.39 is 47.4 Å². The lowest BCUT2D eigenvalue weighted by molar-refractivity contribution is -0.148. The third-order valence-corrected chi connectivity index (χ3v) is 9.38. The first-order valence-electron chi connectivity index (χ1n) is 19.7. The average Bonchev–Trinajstić information content (AvgIpc) is 3.71. The minimum absolute atomic E-state index is 0.288. The maximum Gasteiger partial charge on any atom is 0.434 e. The van der Waals surface area contributed by atoms with Crippen LogP contribution < -0.4 is 27.7 Å². The molecule has 5 aromatic rings. The first-order valence-corrected chi connectivity index (χ1v) is 19.7. The van der Waals surface area contributed by atoms with Gasteiger partial charge in [0.2, 0.25) is 0 Å². The number of aromatic nitrogens is 2. The zero-order valence-corrected chi connectivity index (χ0v) is 34.1. The van der Waals surface area contributed by atoms with Gasteiger partial charge in [-0.1, -0.05) is 123 Å². The molecule has 5 rings (SSSR count). The molecule has 0 fully saturated rings. The summed E-state index contributed by atoms with van der Waals surface area (Å²) in [5.41, 5.74) is 8.17. The summed E-state index contributed by atoms with van der Waals surface area (Å²) < 4.78 is 14.9. The molecule has 0 saturated carbocycles. The molecule has 0 aliphatic heterocycles. The molecule has 0 aliphatic carbocycles. The number of amides is 3. The molecule has 0 unspecified atom stereocenters. The topological polar surface area (TPSA) is 225 Å². The van der Waals surface area contributed by atoms with Crippen molar-refractivity contribution in [2.75, 3.05) is 13.2 Å². The Morgan fingerprint density at radius 2 is 1.05 bits per heavy atom. The summed E-state index contributed by atoms with van der Waals surface area (Å²) in [4.78, 5) is 71.1. The van der Waals surface area contributed by atoms with E-state index in [1.165, 1.54) is 0 Å². The number of hydrogen-bond acceptors (Lipinski definition) is 11. The number of nitrogens with zero attached hydrogens (tertiary/aromatic N) is 1. The van der Waals surface area contributed by atoms with Crippen LogP contribution in [0, 0.1) is 11.8 Å². The van der Waals surface area contributed by atoms with Crippen LogP contribution in [0.5, 0.6) is 0 Å². The molecule has 4 aromatic carbocycles. The lowest BCUT2D eigenvalue weighted by Gasteiger charge is -2.21. The Morgan fingerprint density at radius 3 is 1.43 bits per heavy atom. The lowest BCUT2D eigenvalue weighted by atomic mass is 9.95. The van der Waals surface area contributed by atoms with Gasteiger partial charge in [-0.05, 0) is 72.9 Å². The molecule has 6 N–H and O–H groups in total. The number of ether oxygens (including phenoxy) is 2. The van der Waals surface area contributed by atoms with E-state index >= 15 is 0 Å². The Labute approximate surface area is 348 Å². The van der Waals surface area contributed by atoms with Gasteiger partial charge in [-0.15, -0.1) is 5.10 Å². The molecule has 0 radical (unpaired) electrons. The van der Waals surface area contributed by atoms with Crippen molar-refractivity contribution in [3.63, 3.8) is 0 Å². The minimum atomic E-state index is -0.932. The highest BCUT2D eigenvalue weighted by Crippen LogP contribution is 2.22. The van der Waals surface area contributed by atoms with E-state index in [1.54, 1.807) is 27.7 Å². The van der Waals surface area contributed by atoms with Crippen molar-refractivity contribution in [2.24, 2.45) is 17.7 Å². The van der Waals surface area contributed by atoms with Crippen LogP contribution in [0.1, 0.15) is 62.3 Å². The van der Waals surface area contributed by atoms with Gasteiger partial charge in [0.15, 0.2) is 0 Å². The summed E-state index contributed by atoms with van der Waals surface area (Å²) >= 11 is 0. The van der Waals surface area contributed by atoms with E-state index in [4.69, 9.17) is 19.7 Å². The summed E-state index contributed by atoms with van der Waals surface area (Å²) in [5.74, 6) is -0.0315. The van der Waals surface area contributed by atoms with Crippen molar-refractivity contribution in [3.8, 4) is 22.3 Å². The van der Waals surface area contributed by atoms with Crippen LogP contribution in [0.3, 0.4) is 0 Å². The monoisotopic (exact) mass is 820 g/mol. The van der Waals surface area contributed by atoms with Gasteiger partial charge in [0.05, 0.1) is 25.0 Å². The summed E-state index contributed by atoms with van der Waals surface area (Å²) in [6.07, 6.45) is 1.64. The van der Waals surface area contributed by atoms with E-state index in [0.29, 0.717) is 32.3 Å². The molecule has 316 valence electrons. The van der Waals surface area contributed by atoms with E-state index in [2.05, 4.69) is 20.8 Å². The molecular weight excluding hydrogens is 769 g/mol. The van der Waals surface area contributed by atoms with Gasteiger partial charge >= 0.3 is 41.3 Å². The lowest BCUT2D eigenvalue weighted by Crippen LogP contribution is -2.48. The van der Waals surface area contributed by atoms with Gasteiger partial charge in [0.25, 0.3) is 0 Å². The van der Waals surface area contributed by atoms with E-state index in [9.17, 15) is 28.8 Å². The maximum atomic E-state index is 12.4. The van der Waals surface area contributed by atoms with Crippen LogP contribution in [0.25, 0.3) is 22.3 Å². The maximum absolute atomic E-state index is 12.4. The van der Waals surface area contributed by atoms with Crippen molar-refractivity contribution < 1.29 is 37.9 Å². The predicted octanol–water partition coefficient (Wildman–Crippen LogP) is 4.92. The quantitative estimate of drug-likeness (QED) is 0.0278. The Bertz CT molecular complexity index is 2190. The number of hydrazine groups is 1. The number of rotatable bonds is 17. The molecule has 0 aliphatic rings. The smallest absolute Gasteiger partial charge is 0.434 e. The summed E-state index contributed by atoms with van der Waals surface area (Å²) in [6, 6.07) is 35.2. The van der Waals surface area contributed by atoms with Crippen LogP contribution in [-0.2, 0) is 41.5 Å². The number of benzene rings is 4. The number of nitrogens with one attached hydrogen (secondary N) is 4. The van der Waals surface area contributed by atoms with Crippen molar-refractivity contribution in [1.29, 1.82) is 0 Å². The SMILES string of the molecule is CCOC(=O)[C@H](C)C[C@@H](Cc1ccc(-c2ccccc2)cc1)NC(=O)C(=O)NN.CCOC(=O)[C@H](C)C[C@@H](Cc1ccc(-c2ccccc2)cc1)NC(=O)c1n[nH]c(=O)o1. The van der Waals surface area contributed by atoms with Crippen molar-refractivity contribution in [3.05, 3.63) is 137 Å². The number of H-pyrrole nitrogens is 1. The molecule has 15 heteroatoms. The Hall–Kier alpha value is -6.87. The largest absolute Gasteiger partial charge is 0.466 e. The normalized spacial score (nSPS) is 12.6. The first kappa shape index (κ1) is 45.8. The van der Waals surface area contributed by atoms with Crippen molar-refractivity contribution in [1.82, 2.24) is 26.3 Å². The number of carbonyl (C=O) groups excluding carboxylic acids is 5. The number of aromatic amines is 1. The van der Waals surface area contributed by atoms with Crippen molar-refractivity contribution in [2.45, 2.75) is 65.5 Å². The zero-order chi connectivity index (χ0) is 43.4. The highest BCUT2D eigenvalue weighted by molar-refractivity contribution is 6.35. The average molecular weight is 821 g/mol. The van der Waals surface area contributed by atoms with E-state index in [0.717, 1.165) is 33.4 Å².